The van der Waals surface area contributed by atoms with E-state index in [1.165, 1.54) is 0 Å². The summed E-state index contributed by atoms with van der Waals surface area (Å²) < 4.78 is 0. The number of anilines is 4. The van der Waals surface area contributed by atoms with Crippen LogP contribution in [0.1, 0.15) is 22.3 Å². The van der Waals surface area contributed by atoms with E-state index in [1.54, 1.807) is 0 Å². The van der Waals surface area contributed by atoms with Crippen LogP contribution in [0.3, 0.4) is 0 Å². The first-order valence-corrected chi connectivity index (χ1v) is 8.02. The summed E-state index contributed by atoms with van der Waals surface area (Å²) in [6.45, 7) is 8.64. The summed E-state index contributed by atoms with van der Waals surface area (Å²) in [4.78, 5) is 0. The zero-order chi connectivity index (χ0) is 16.3. The van der Waals surface area contributed by atoms with Gasteiger partial charge in [0.15, 0.2) is 0 Å². The van der Waals surface area contributed by atoms with E-state index in [1.807, 2.05) is 24.3 Å². The summed E-state index contributed by atoms with van der Waals surface area (Å²) in [6, 6.07) is 20.9. The van der Waals surface area contributed by atoms with Gasteiger partial charge in [-0.05, 0) is 35.4 Å². The Kier molecular flexibility index (Phi) is 2.54. The summed E-state index contributed by atoms with van der Waals surface area (Å²) in [7, 11) is 0. The van der Waals surface area contributed by atoms with Crippen LogP contribution in [0.2, 0.25) is 0 Å². The van der Waals surface area contributed by atoms with Gasteiger partial charge in [-0.1, -0.05) is 49.6 Å². The normalized spacial score (nSPS) is 13.8. The van der Waals surface area contributed by atoms with Gasteiger partial charge in [0.2, 0.25) is 0 Å². The van der Waals surface area contributed by atoms with Crippen LogP contribution in [0.15, 0.2) is 73.8 Å². The molecular formula is C22H16N2. The number of hydrogen-bond acceptors (Lipinski definition) is 2. The second-order valence-electron chi connectivity index (χ2n) is 6.24. The van der Waals surface area contributed by atoms with Gasteiger partial charge in [0, 0.05) is 45.0 Å². The Morgan fingerprint density at radius 1 is 0.500 bits per heavy atom. The molecule has 2 nitrogen and oxygen atoms in total. The van der Waals surface area contributed by atoms with Gasteiger partial charge < -0.3 is 10.6 Å². The maximum Gasteiger partial charge on any atom is 0.0471 e. The number of rotatable bonds is 0. The molecule has 0 saturated carbocycles. The average Bonchev–Trinajstić information content (AvgIpc) is 2.62. The van der Waals surface area contributed by atoms with Crippen molar-refractivity contribution in [1.82, 2.24) is 0 Å². The second kappa shape index (κ2) is 4.62. The molecule has 0 amide bonds. The van der Waals surface area contributed by atoms with Crippen molar-refractivity contribution in [2.24, 2.45) is 0 Å². The van der Waals surface area contributed by atoms with Crippen molar-refractivity contribution in [1.29, 1.82) is 0 Å². The van der Waals surface area contributed by atoms with E-state index in [0.717, 1.165) is 56.1 Å². The zero-order valence-corrected chi connectivity index (χ0v) is 13.2. The monoisotopic (exact) mass is 308 g/mol. The molecule has 0 spiro atoms. The number of fused-ring (bicyclic) bond motifs is 4. The van der Waals surface area contributed by atoms with E-state index in [4.69, 9.17) is 0 Å². The lowest BCUT2D eigenvalue weighted by Crippen LogP contribution is -2.10. The van der Waals surface area contributed by atoms with Crippen LogP contribution in [0.25, 0.3) is 11.1 Å². The molecule has 5 rings (SSSR count). The third-order valence-corrected chi connectivity index (χ3v) is 4.85. The summed E-state index contributed by atoms with van der Waals surface area (Å²) in [5.74, 6) is 0. The van der Waals surface area contributed by atoms with Gasteiger partial charge in [-0.25, -0.2) is 0 Å². The Balaban J connectivity index is 1.70. The van der Waals surface area contributed by atoms with Crippen LogP contribution in [-0.2, 0) is 0 Å². The molecule has 2 aliphatic rings. The van der Waals surface area contributed by atoms with Crippen molar-refractivity contribution in [3.63, 3.8) is 0 Å². The Hall–Kier alpha value is -3.26. The van der Waals surface area contributed by atoms with Crippen LogP contribution < -0.4 is 10.6 Å². The van der Waals surface area contributed by atoms with Crippen LogP contribution in [0.5, 0.6) is 0 Å². The molecule has 0 atom stereocenters. The molecule has 0 radical (unpaired) electrons. The smallest absolute Gasteiger partial charge is 0.0471 e. The highest BCUT2D eigenvalue weighted by Crippen LogP contribution is 2.46. The van der Waals surface area contributed by atoms with Crippen LogP contribution in [-0.4, -0.2) is 0 Å². The fourth-order valence-corrected chi connectivity index (χ4v) is 3.60. The van der Waals surface area contributed by atoms with Crippen LogP contribution >= 0.6 is 0 Å². The molecule has 2 aliphatic heterocycles. The number of nitrogens with one attached hydrogen (secondary N) is 2. The molecule has 3 aromatic carbocycles. The maximum atomic E-state index is 4.32. The molecule has 2 heteroatoms. The van der Waals surface area contributed by atoms with Gasteiger partial charge in [-0.3, -0.25) is 0 Å². The molecule has 114 valence electrons. The van der Waals surface area contributed by atoms with Crippen molar-refractivity contribution in [3.8, 4) is 0 Å². The van der Waals surface area contributed by atoms with Crippen molar-refractivity contribution in [2.75, 3.05) is 10.6 Å². The van der Waals surface area contributed by atoms with Crippen LogP contribution in [0, 0.1) is 0 Å². The van der Waals surface area contributed by atoms with E-state index in [9.17, 15) is 0 Å². The first-order chi connectivity index (χ1) is 11.7. The quantitative estimate of drug-likeness (QED) is 0.371. The van der Waals surface area contributed by atoms with E-state index >= 15 is 0 Å². The summed E-state index contributed by atoms with van der Waals surface area (Å²) in [5.41, 5.74) is 11.0. The van der Waals surface area contributed by atoms with Crippen molar-refractivity contribution in [2.45, 2.75) is 0 Å². The first kappa shape index (κ1) is 13.2. The van der Waals surface area contributed by atoms with E-state index in [-0.39, 0.29) is 0 Å². The van der Waals surface area contributed by atoms with Gasteiger partial charge in [0.1, 0.15) is 0 Å². The summed E-state index contributed by atoms with van der Waals surface area (Å²) >= 11 is 0. The Morgan fingerprint density at radius 2 is 0.917 bits per heavy atom. The molecule has 0 unspecified atom stereocenters. The predicted octanol–water partition coefficient (Wildman–Crippen LogP) is 5.92. The third kappa shape index (κ3) is 1.71. The van der Waals surface area contributed by atoms with E-state index in [0.29, 0.717) is 0 Å². The molecule has 2 N–H and O–H groups in total. The minimum Gasteiger partial charge on any atom is -0.354 e. The molecule has 0 fully saturated rings. The third-order valence-electron chi connectivity index (χ3n) is 4.85. The second-order valence-corrected chi connectivity index (χ2v) is 6.24. The Morgan fingerprint density at radius 3 is 1.38 bits per heavy atom. The largest absolute Gasteiger partial charge is 0.354 e. The minimum atomic E-state index is 1.05. The lowest BCUT2D eigenvalue weighted by atomic mass is 9.87. The molecule has 3 aromatic rings. The topological polar surface area (TPSA) is 24.1 Å². The van der Waals surface area contributed by atoms with Crippen molar-refractivity contribution >= 4 is 33.9 Å². The fraction of sp³-hybridized carbons (Fsp3) is 0. The first-order valence-electron chi connectivity index (χ1n) is 8.02. The SMILES string of the molecule is C=C1c2ccccc2Nc2cc3c(cc21)Nc1ccccc1C3=C. The number of benzene rings is 3. The lowest BCUT2D eigenvalue weighted by molar-refractivity contribution is 1.39. The van der Waals surface area contributed by atoms with Gasteiger partial charge in [-0.15, -0.1) is 0 Å². The zero-order valence-electron chi connectivity index (χ0n) is 13.2. The maximum absolute atomic E-state index is 4.32. The highest BCUT2D eigenvalue weighted by atomic mass is 14.9. The highest BCUT2D eigenvalue weighted by Gasteiger charge is 2.24. The lowest BCUT2D eigenvalue weighted by Gasteiger charge is -2.29. The predicted molar refractivity (Wildman–Crippen MR) is 102 cm³/mol. The molecule has 0 aliphatic carbocycles. The molecule has 24 heavy (non-hydrogen) atoms. The summed E-state index contributed by atoms with van der Waals surface area (Å²) in [5, 5.41) is 7.07. The molecular weight excluding hydrogens is 292 g/mol. The Labute approximate surface area is 141 Å². The van der Waals surface area contributed by atoms with Gasteiger partial charge in [0.05, 0.1) is 0 Å². The molecule has 2 heterocycles. The molecule has 0 bridgehead atoms. The van der Waals surface area contributed by atoms with Gasteiger partial charge in [0.25, 0.3) is 0 Å². The Bertz CT molecular complexity index is 958. The fourth-order valence-electron chi connectivity index (χ4n) is 3.60. The van der Waals surface area contributed by atoms with Gasteiger partial charge >= 0.3 is 0 Å². The summed E-state index contributed by atoms with van der Waals surface area (Å²) in [6.07, 6.45) is 0. The number of para-hydroxylation sites is 2. The van der Waals surface area contributed by atoms with Crippen molar-refractivity contribution < 1.29 is 0 Å². The van der Waals surface area contributed by atoms with E-state index < -0.39 is 0 Å². The molecule has 0 saturated heterocycles. The average molecular weight is 308 g/mol. The van der Waals surface area contributed by atoms with Gasteiger partial charge in [-0.2, -0.15) is 0 Å². The molecule has 0 aromatic heterocycles. The van der Waals surface area contributed by atoms with Crippen LogP contribution in [0.4, 0.5) is 22.7 Å². The van der Waals surface area contributed by atoms with E-state index in [2.05, 4.69) is 60.2 Å². The minimum absolute atomic E-state index is 1.05. The van der Waals surface area contributed by atoms with Crippen molar-refractivity contribution in [3.05, 3.63) is 96.1 Å². The highest BCUT2D eigenvalue weighted by molar-refractivity contribution is 6.02. The number of hydrogen-bond donors (Lipinski definition) is 2. The standard InChI is InChI=1S/C22H16N2/c1-13-15-7-3-5-9-19(15)23-21-12-18-14(2)16-8-4-6-10-20(16)24-22(18)11-17(13)21/h3-12,23-24H,1-2H2.